The predicted octanol–water partition coefficient (Wildman–Crippen LogP) is 3.95. The minimum Gasteiger partial charge on any atom is -0.491 e. The van der Waals surface area contributed by atoms with Crippen LogP contribution >= 0.6 is 34.8 Å². The predicted molar refractivity (Wildman–Crippen MR) is 112 cm³/mol. The van der Waals surface area contributed by atoms with Crippen molar-refractivity contribution in [2.24, 2.45) is 0 Å². The molecule has 10 heteroatoms. The average Bonchev–Trinajstić information content (AvgIpc) is 2.71. The standard InChI is InChI=1S/C19H21Cl3O6S/c1-2-12(23)10-27-14-3-5-15(6-4-14)29(25,26)16-7-17(21)19(18(22)8-16)28-11-13(24)9-20/h3-8,12-13,23-24H,2,9-11H2,1H3/t12-,13-/m0/s1. The van der Waals surface area contributed by atoms with Gasteiger partial charge in [0.05, 0.1) is 31.8 Å². The van der Waals surface area contributed by atoms with E-state index in [0.29, 0.717) is 12.2 Å². The molecule has 0 amide bonds. The summed E-state index contributed by atoms with van der Waals surface area (Å²) in [6, 6.07) is 8.26. The summed E-state index contributed by atoms with van der Waals surface area (Å²) in [7, 11) is -3.89. The van der Waals surface area contributed by atoms with Crippen LogP contribution in [0, 0.1) is 0 Å². The lowest BCUT2D eigenvalue weighted by Gasteiger charge is -2.14. The van der Waals surface area contributed by atoms with Gasteiger partial charge >= 0.3 is 0 Å². The van der Waals surface area contributed by atoms with Gasteiger partial charge in [-0.3, -0.25) is 0 Å². The number of hydrogen-bond acceptors (Lipinski definition) is 6. The average molecular weight is 484 g/mol. The highest BCUT2D eigenvalue weighted by atomic mass is 35.5. The van der Waals surface area contributed by atoms with E-state index in [4.69, 9.17) is 44.3 Å². The second-order valence-electron chi connectivity index (χ2n) is 6.18. The van der Waals surface area contributed by atoms with E-state index in [0.717, 1.165) is 0 Å². The largest absolute Gasteiger partial charge is 0.491 e. The number of ether oxygens (including phenoxy) is 2. The summed E-state index contributed by atoms with van der Waals surface area (Å²) in [5, 5.41) is 19.0. The maximum atomic E-state index is 12.9. The molecule has 0 fully saturated rings. The van der Waals surface area contributed by atoms with Crippen LogP contribution in [0.15, 0.2) is 46.2 Å². The molecule has 0 aliphatic rings. The third-order valence-corrected chi connectivity index (χ3v) is 6.59. The summed E-state index contributed by atoms with van der Waals surface area (Å²) in [6.45, 7) is 1.81. The SMILES string of the molecule is CC[C@H](O)COc1ccc(S(=O)(=O)c2cc(Cl)c(OC[C@@H](O)CCl)c(Cl)c2)cc1. The van der Waals surface area contributed by atoms with Gasteiger partial charge in [-0.15, -0.1) is 11.6 Å². The van der Waals surface area contributed by atoms with Gasteiger partial charge in [0.25, 0.3) is 0 Å². The highest BCUT2D eigenvalue weighted by Gasteiger charge is 2.22. The van der Waals surface area contributed by atoms with Gasteiger partial charge in [-0.25, -0.2) is 8.42 Å². The Balaban J connectivity index is 2.22. The maximum absolute atomic E-state index is 12.9. The van der Waals surface area contributed by atoms with Crippen molar-refractivity contribution >= 4 is 44.6 Å². The van der Waals surface area contributed by atoms with E-state index in [1.165, 1.54) is 36.4 Å². The molecule has 0 saturated carbocycles. The lowest BCUT2D eigenvalue weighted by Crippen LogP contribution is -2.19. The van der Waals surface area contributed by atoms with Crippen molar-refractivity contribution in [1.82, 2.24) is 0 Å². The third-order valence-electron chi connectivity index (χ3n) is 3.93. The van der Waals surface area contributed by atoms with Gasteiger partial charge in [0.2, 0.25) is 9.84 Å². The number of rotatable bonds is 10. The van der Waals surface area contributed by atoms with Crippen LogP contribution in [0.3, 0.4) is 0 Å². The van der Waals surface area contributed by atoms with Crippen LogP contribution < -0.4 is 9.47 Å². The van der Waals surface area contributed by atoms with Crippen molar-refractivity contribution in [1.29, 1.82) is 0 Å². The summed E-state index contributed by atoms with van der Waals surface area (Å²) >= 11 is 17.8. The molecule has 0 radical (unpaired) electrons. The molecule has 2 atom stereocenters. The molecule has 0 aliphatic carbocycles. The van der Waals surface area contributed by atoms with Crippen molar-refractivity contribution < 1.29 is 28.1 Å². The Bertz CT molecular complexity index is 895. The number of benzene rings is 2. The Morgan fingerprint density at radius 1 is 0.931 bits per heavy atom. The zero-order chi connectivity index (χ0) is 21.6. The minimum atomic E-state index is -3.89. The van der Waals surface area contributed by atoms with Crippen molar-refractivity contribution in [3.63, 3.8) is 0 Å². The molecule has 0 heterocycles. The topological polar surface area (TPSA) is 93.1 Å². The van der Waals surface area contributed by atoms with E-state index in [1.54, 1.807) is 0 Å². The van der Waals surface area contributed by atoms with Crippen LogP contribution in [-0.4, -0.2) is 49.9 Å². The van der Waals surface area contributed by atoms with Gasteiger partial charge < -0.3 is 19.7 Å². The Morgan fingerprint density at radius 2 is 1.48 bits per heavy atom. The van der Waals surface area contributed by atoms with Crippen LogP contribution in [0.5, 0.6) is 11.5 Å². The van der Waals surface area contributed by atoms with Gasteiger partial charge in [0.1, 0.15) is 25.1 Å². The Labute approximate surface area is 184 Å². The summed E-state index contributed by atoms with van der Waals surface area (Å²) in [4.78, 5) is -0.0768. The first-order valence-electron chi connectivity index (χ1n) is 8.70. The molecule has 0 aromatic heterocycles. The maximum Gasteiger partial charge on any atom is 0.206 e. The zero-order valence-corrected chi connectivity index (χ0v) is 18.6. The van der Waals surface area contributed by atoms with Crippen molar-refractivity contribution in [3.05, 3.63) is 46.4 Å². The van der Waals surface area contributed by atoms with E-state index < -0.39 is 22.0 Å². The van der Waals surface area contributed by atoms with Crippen LogP contribution in [0.4, 0.5) is 0 Å². The fourth-order valence-electron chi connectivity index (χ4n) is 2.22. The fourth-order valence-corrected chi connectivity index (χ4v) is 4.34. The summed E-state index contributed by atoms with van der Waals surface area (Å²) < 4.78 is 36.5. The van der Waals surface area contributed by atoms with Crippen molar-refractivity contribution in [2.45, 2.75) is 35.3 Å². The molecular formula is C19H21Cl3O6S. The minimum absolute atomic E-state index is 0.00801. The van der Waals surface area contributed by atoms with Crippen LogP contribution in [0.1, 0.15) is 13.3 Å². The van der Waals surface area contributed by atoms with Gasteiger partial charge in [0, 0.05) is 0 Å². The van der Waals surface area contributed by atoms with Gasteiger partial charge in [0.15, 0.2) is 5.75 Å². The molecule has 0 saturated heterocycles. The first-order chi connectivity index (χ1) is 13.7. The number of sulfone groups is 1. The quantitative estimate of drug-likeness (QED) is 0.497. The molecule has 160 valence electrons. The first kappa shape index (κ1) is 24.1. The summed E-state index contributed by atoms with van der Waals surface area (Å²) in [6.07, 6.45) is -0.946. The zero-order valence-electron chi connectivity index (χ0n) is 15.5. The van der Waals surface area contributed by atoms with Gasteiger partial charge in [-0.2, -0.15) is 0 Å². The van der Waals surface area contributed by atoms with Crippen LogP contribution in [0.25, 0.3) is 0 Å². The Hall–Kier alpha value is -1.22. The highest BCUT2D eigenvalue weighted by Crippen LogP contribution is 2.37. The molecule has 0 spiro atoms. The lowest BCUT2D eigenvalue weighted by atomic mass is 10.3. The van der Waals surface area contributed by atoms with E-state index >= 15 is 0 Å². The molecule has 6 nitrogen and oxygen atoms in total. The number of hydrogen-bond donors (Lipinski definition) is 2. The highest BCUT2D eigenvalue weighted by molar-refractivity contribution is 7.91. The molecule has 0 bridgehead atoms. The molecular weight excluding hydrogens is 463 g/mol. The first-order valence-corrected chi connectivity index (χ1v) is 11.5. The van der Waals surface area contributed by atoms with Crippen molar-refractivity contribution in [2.75, 3.05) is 19.1 Å². The van der Waals surface area contributed by atoms with Crippen LogP contribution in [-0.2, 0) is 9.84 Å². The Morgan fingerprint density at radius 3 is 2.00 bits per heavy atom. The normalized spacial score (nSPS) is 13.7. The van der Waals surface area contributed by atoms with E-state index in [9.17, 15) is 18.6 Å². The number of aliphatic hydroxyl groups excluding tert-OH is 2. The van der Waals surface area contributed by atoms with E-state index in [1.807, 2.05) is 6.92 Å². The lowest BCUT2D eigenvalue weighted by molar-refractivity contribution is 0.104. The number of aliphatic hydroxyl groups is 2. The monoisotopic (exact) mass is 482 g/mol. The molecule has 2 aromatic rings. The number of halogens is 3. The third kappa shape index (κ3) is 6.38. The van der Waals surface area contributed by atoms with E-state index in [2.05, 4.69) is 0 Å². The molecule has 29 heavy (non-hydrogen) atoms. The number of alkyl halides is 1. The van der Waals surface area contributed by atoms with Crippen molar-refractivity contribution in [3.8, 4) is 11.5 Å². The molecule has 0 aliphatic heterocycles. The molecule has 2 N–H and O–H groups in total. The smallest absolute Gasteiger partial charge is 0.206 e. The molecule has 2 rings (SSSR count). The molecule has 0 unspecified atom stereocenters. The summed E-state index contributed by atoms with van der Waals surface area (Å²) in [5.74, 6) is 0.475. The summed E-state index contributed by atoms with van der Waals surface area (Å²) in [5.41, 5.74) is 0. The fraction of sp³-hybridized carbons (Fsp3) is 0.368. The second-order valence-corrected chi connectivity index (χ2v) is 9.26. The second kappa shape index (κ2) is 10.7. The van der Waals surface area contributed by atoms with Crippen LogP contribution in [0.2, 0.25) is 10.0 Å². The van der Waals surface area contributed by atoms with E-state index in [-0.39, 0.29) is 44.7 Å². The molecule has 2 aromatic carbocycles. The van der Waals surface area contributed by atoms with Gasteiger partial charge in [-0.05, 0) is 42.8 Å². The van der Waals surface area contributed by atoms with Gasteiger partial charge in [-0.1, -0.05) is 30.1 Å². The Kier molecular flexibility index (Phi) is 8.88.